The first-order chi connectivity index (χ1) is 7.60. The van der Waals surface area contributed by atoms with E-state index in [1.807, 2.05) is 0 Å². The second-order valence-electron chi connectivity index (χ2n) is 3.21. The molecule has 0 aromatic heterocycles. The van der Waals surface area contributed by atoms with E-state index in [1.54, 1.807) is 13.0 Å². The van der Waals surface area contributed by atoms with Gasteiger partial charge in [-0.05, 0) is 13.0 Å². The molecule has 4 heteroatoms. The highest BCUT2D eigenvalue weighted by molar-refractivity contribution is 5.92. The molecule has 0 fully saturated rings. The smallest absolute Gasteiger partial charge is 0.338 e. The lowest BCUT2D eigenvalue weighted by Crippen LogP contribution is -2.05. The van der Waals surface area contributed by atoms with Crippen LogP contribution in [0.4, 0.5) is 0 Å². The summed E-state index contributed by atoms with van der Waals surface area (Å²) in [6.45, 7) is 5.46. The molecule has 1 aromatic rings. The molecule has 1 rings (SSSR count). The minimum atomic E-state index is -0.503. The van der Waals surface area contributed by atoms with Crippen LogP contribution in [0, 0.1) is 6.92 Å². The average Bonchev–Trinajstić information content (AvgIpc) is 2.29. The number of rotatable bonds is 4. The Kier molecular flexibility index (Phi) is 3.94. The SMILES string of the molecule is C=CCOc1cc(O)c(C)c(C(=O)OC)c1. The van der Waals surface area contributed by atoms with Gasteiger partial charge in [0.25, 0.3) is 0 Å². The predicted octanol–water partition coefficient (Wildman–Crippen LogP) is 2.05. The first-order valence-electron chi connectivity index (χ1n) is 4.75. The first-order valence-corrected chi connectivity index (χ1v) is 4.75. The molecule has 86 valence electrons. The third kappa shape index (κ3) is 2.53. The number of benzene rings is 1. The van der Waals surface area contributed by atoms with Gasteiger partial charge in [0.15, 0.2) is 0 Å². The van der Waals surface area contributed by atoms with Gasteiger partial charge in [-0.25, -0.2) is 4.79 Å². The number of methoxy groups -OCH3 is 1. The van der Waals surface area contributed by atoms with E-state index in [2.05, 4.69) is 11.3 Å². The van der Waals surface area contributed by atoms with Crippen LogP contribution < -0.4 is 4.74 Å². The Balaban J connectivity index is 3.11. The van der Waals surface area contributed by atoms with Crippen molar-refractivity contribution in [1.82, 2.24) is 0 Å². The van der Waals surface area contributed by atoms with Gasteiger partial charge in [-0.3, -0.25) is 0 Å². The number of carbonyl (C=O) groups excluding carboxylic acids is 1. The van der Waals surface area contributed by atoms with Crippen LogP contribution in [-0.4, -0.2) is 24.8 Å². The molecule has 0 radical (unpaired) electrons. The lowest BCUT2D eigenvalue weighted by Gasteiger charge is -2.09. The number of hydrogen-bond donors (Lipinski definition) is 1. The summed E-state index contributed by atoms with van der Waals surface area (Å²) >= 11 is 0. The van der Waals surface area contributed by atoms with Gasteiger partial charge in [-0.15, -0.1) is 0 Å². The Morgan fingerprint density at radius 1 is 1.56 bits per heavy atom. The van der Waals surface area contributed by atoms with Crippen molar-refractivity contribution >= 4 is 5.97 Å². The van der Waals surface area contributed by atoms with Crippen LogP contribution in [0.25, 0.3) is 0 Å². The first kappa shape index (κ1) is 12.1. The van der Waals surface area contributed by atoms with Crippen molar-refractivity contribution in [1.29, 1.82) is 0 Å². The Labute approximate surface area is 94.1 Å². The molecule has 1 N–H and O–H groups in total. The van der Waals surface area contributed by atoms with Gasteiger partial charge in [0.2, 0.25) is 0 Å². The van der Waals surface area contributed by atoms with Crippen LogP contribution in [0.3, 0.4) is 0 Å². The minimum absolute atomic E-state index is 0.00182. The second-order valence-corrected chi connectivity index (χ2v) is 3.21. The number of ether oxygens (including phenoxy) is 2. The summed E-state index contributed by atoms with van der Waals surface area (Å²) in [5.41, 5.74) is 0.763. The molecule has 0 saturated heterocycles. The summed E-state index contributed by atoms with van der Waals surface area (Å²) in [5, 5.41) is 9.61. The van der Waals surface area contributed by atoms with Gasteiger partial charge in [0.1, 0.15) is 18.1 Å². The van der Waals surface area contributed by atoms with E-state index in [1.165, 1.54) is 19.2 Å². The molecule has 0 saturated carbocycles. The van der Waals surface area contributed by atoms with Crippen molar-refractivity contribution in [2.75, 3.05) is 13.7 Å². The molecule has 0 amide bonds. The molecule has 0 atom stereocenters. The fraction of sp³-hybridized carbons (Fsp3) is 0.250. The topological polar surface area (TPSA) is 55.8 Å². The number of phenolic OH excluding ortho intramolecular Hbond substituents is 1. The van der Waals surface area contributed by atoms with Crippen LogP contribution in [0.5, 0.6) is 11.5 Å². The van der Waals surface area contributed by atoms with Gasteiger partial charge in [0, 0.05) is 11.6 Å². The van der Waals surface area contributed by atoms with Crippen LogP contribution in [0.2, 0.25) is 0 Å². The highest BCUT2D eigenvalue weighted by Gasteiger charge is 2.14. The van der Waals surface area contributed by atoms with E-state index in [0.717, 1.165) is 0 Å². The highest BCUT2D eigenvalue weighted by Crippen LogP contribution is 2.27. The Bertz CT molecular complexity index is 410. The number of esters is 1. The van der Waals surface area contributed by atoms with Crippen LogP contribution in [0.15, 0.2) is 24.8 Å². The number of aromatic hydroxyl groups is 1. The lowest BCUT2D eigenvalue weighted by molar-refractivity contribution is 0.0599. The Morgan fingerprint density at radius 3 is 2.81 bits per heavy atom. The largest absolute Gasteiger partial charge is 0.508 e. The van der Waals surface area contributed by atoms with Gasteiger partial charge in [0.05, 0.1) is 12.7 Å². The quantitative estimate of drug-likeness (QED) is 0.625. The maximum Gasteiger partial charge on any atom is 0.338 e. The molecule has 4 nitrogen and oxygen atoms in total. The molecule has 16 heavy (non-hydrogen) atoms. The van der Waals surface area contributed by atoms with Gasteiger partial charge in [-0.1, -0.05) is 12.7 Å². The van der Waals surface area contributed by atoms with Crippen molar-refractivity contribution < 1.29 is 19.4 Å². The number of phenols is 1. The summed E-state index contributed by atoms with van der Waals surface area (Å²) in [7, 11) is 1.29. The third-order valence-corrected chi connectivity index (χ3v) is 2.13. The summed E-state index contributed by atoms with van der Waals surface area (Å²) < 4.78 is 9.85. The third-order valence-electron chi connectivity index (χ3n) is 2.13. The van der Waals surface area contributed by atoms with E-state index in [-0.39, 0.29) is 5.75 Å². The zero-order chi connectivity index (χ0) is 12.1. The van der Waals surface area contributed by atoms with Gasteiger partial charge >= 0.3 is 5.97 Å². The maximum atomic E-state index is 11.4. The van der Waals surface area contributed by atoms with Crippen molar-refractivity contribution in [3.05, 3.63) is 35.9 Å². The summed E-state index contributed by atoms with van der Waals surface area (Å²) in [6, 6.07) is 2.98. The molecule has 0 aliphatic rings. The van der Waals surface area contributed by atoms with Crippen LogP contribution in [-0.2, 0) is 4.74 Å². The van der Waals surface area contributed by atoms with Crippen molar-refractivity contribution in [2.24, 2.45) is 0 Å². The van der Waals surface area contributed by atoms with E-state index < -0.39 is 5.97 Å². The molecule has 0 bridgehead atoms. The van der Waals surface area contributed by atoms with E-state index >= 15 is 0 Å². The fourth-order valence-corrected chi connectivity index (χ4v) is 1.23. The Hall–Kier alpha value is -1.97. The number of carbonyl (C=O) groups is 1. The zero-order valence-corrected chi connectivity index (χ0v) is 9.32. The average molecular weight is 222 g/mol. The lowest BCUT2D eigenvalue weighted by atomic mass is 10.1. The predicted molar refractivity (Wildman–Crippen MR) is 59.9 cm³/mol. The minimum Gasteiger partial charge on any atom is -0.508 e. The Morgan fingerprint density at radius 2 is 2.25 bits per heavy atom. The maximum absolute atomic E-state index is 11.4. The van der Waals surface area contributed by atoms with Gasteiger partial charge < -0.3 is 14.6 Å². The molecule has 0 aliphatic heterocycles. The standard InChI is InChI=1S/C12H14O4/c1-4-5-16-9-6-10(12(14)15-3)8(2)11(13)7-9/h4,6-7,13H,1,5H2,2-3H3. The molecule has 1 aromatic carbocycles. The molecular weight excluding hydrogens is 208 g/mol. The second kappa shape index (κ2) is 5.21. The van der Waals surface area contributed by atoms with Crippen molar-refractivity contribution in [3.8, 4) is 11.5 Å². The summed E-state index contributed by atoms with van der Waals surface area (Å²) in [6.07, 6.45) is 1.58. The molecule has 0 spiro atoms. The highest BCUT2D eigenvalue weighted by atomic mass is 16.5. The van der Waals surface area contributed by atoms with E-state index in [4.69, 9.17) is 4.74 Å². The van der Waals surface area contributed by atoms with Crippen molar-refractivity contribution in [2.45, 2.75) is 6.92 Å². The van der Waals surface area contributed by atoms with Crippen LogP contribution >= 0.6 is 0 Å². The molecule has 0 aliphatic carbocycles. The summed E-state index contributed by atoms with van der Waals surface area (Å²) in [4.78, 5) is 11.4. The summed E-state index contributed by atoms with van der Waals surface area (Å²) in [5.74, 6) is -0.0952. The monoisotopic (exact) mass is 222 g/mol. The van der Waals surface area contributed by atoms with Crippen molar-refractivity contribution in [3.63, 3.8) is 0 Å². The molecular formula is C12H14O4. The normalized spacial score (nSPS) is 9.62. The zero-order valence-electron chi connectivity index (χ0n) is 9.32. The van der Waals surface area contributed by atoms with Gasteiger partial charge in [-0.2, -0.15) is 0 Å². The molecule has 0 heterocycles. The number of hydrogen-bond acceptors (Lipinski definition) is 4. The molecule has 0 unspecified atom stereocenters. The van der Waals surface area contributed by atoms with E-state index in [0.29, 0.717) is 23.5 Å². The van der Waals surface area contributed by atoms with E-state index in [9.17, 15) is 9.90 Å². The fourth-order valence-electron chi connectivity index (χ4n) is 1.23. The van der Waals surface area contributed by atoms with Crippen LogP contribution in [0.1, 0.15) is 15.9 Å².